The first-order valence-electron chi connectivity index (χ1n) is 7.79. The number of hydrogen-bond acceptors (Lipinski definition) is 2. The molecule has 2 N–H and O–H groups in total. The van der Waals surface area contributed by atoms with Gasteiger partial charge in [0, 0.05) is 5.56 Å². The highest BCUT2D eigenvalue weighted by Gasteiger charge is 2.22. The third-order valence-corrected chi connectivity index (χ3v) is 4.10. The van der Waals surface area contributed by atoms with Crippen LogP contribution in [0.15, 0.2) is 66.7 Å². The Morgan fingerprint density at radius 1 is 0.731 bits per heavy atom. The second-order valence-electron chi connectivity index (χ2n) is 5.61. The summed E-state index contributed by atoms with van der Waals surface area (Å²) in [5, 5.41) is 18.7. The molecule has 4 nitrogen and oxygen atoms in total. The molecular formula is C22H14O4. The molecule has 0 aliphatic rings. The van der Waals surface area contributed by atoms with Crippen LogP contribution in [0.5, 0.6) is 0 Å². The molecule has 0 saturated heterocycles. The molecule has 3 aromatic rings. The summed E-state index contributed by atoms with van der Waals surface area (Å²) in [6.07, 6.45) is 5.51. The summed E-state index contributed by atoms with van der Waals surface area (Å²) in [7, 11) is 0. The van der Waals surface area contributed by atoms with Crippen LogP contribution in [0.2, 0.25) is 0 Å². The van der Waals surface area contributed by atoms with Crippen molar-refractivity contribution in [1.29, 1.82) is 0 Å². The van der Waals surface area contributed by atoms with Crippen molar-refractivity contribution in [3.05, 3.63) is 83.4 Å². The van der Waals surface area contributed by atoms with E-state index in [-0.39, 0.29) is 16.7 Å². The molecular weight excluding hydrogens is 328 g/mol. The SMILES string of the molecule is C#Cc1c(-c2ccc(-c3ccccc3)cc2)ccc(C(=O)O)c1C(=O)O. The molecule has 0 fully saturated rings. The molecule has 0 aromatic heterocycles. The zero-order valence-corrected chi connectivity index (χ0v) is 13.6. The van der Waals surface area contributed by atoms with Crippen molar-refractivity contribution in [2.75, 3.05) is 0 Å². The lowest BCUT2D eigenvalue weighted by atomic mass is 9.91. The number of hydrogen-bond donors (Lipinski definition) is 2. The molecule has 0 bridgehead atoms. The van der Waals surface area contributed by atoms with E-state index in [0.29, 0.717) is 5.56 Å². The summed E-state index contributed by atoms with van der Waals surface area (Å²) in [6, 6.07) is 20.1. The second-order valence-corrected chi connectivity index (χ2v) is 5.61. The molecule has 0 unspecified atom stereocenters. The van der Waals surface area contributed by atoms with Gasteiger partial charge in [0.05, 0.1) is 11.1 Å². The molecule has 0 heterocycles. The van der Waals surface area contributed by atoms with E-state index < -0.39 is 11.9 Å². The molecule has 126 valence electrons. The fraction of sp³-hybridized carbons (Fsp3) is 0. The first-order valence-corrected chi connectivity index (χ1v) is 7.79. The summed E-state index contributed by atoms with van der Waals surface area (Å²) < 4.78 is 0. The van der Waals surface area contributed by atoms with Crippen LogP contribution in [0.4, 0.5) is 0 Å². The molecule has 0 radical (unpaired) electrons. The van der Waals surface area contributed by atoms with Gasteiger partial charge in [-0.3, -0.25) is 0 Å². The Morgan fingerprint density at radius 2 is 1.31 bits per heavy atom. The van der Waals surface area contributed by atoms with Crippen LogP contribution in [0.3, 0.4) is 0 Å². The minimum absolute atomic E-state index is 0.0601. The van der Waals surface area contributed by atoms with E-state index in [1.807, 2.05) is 54.6 Å². The summed E-state index contributed by atoms with van der Waals surface area (Å²) in [4.78, 5) is 22.9. The maximum Gasteiger partial charge on any atom is 0.337 e. The number of rotatable bonds is 4. The van der Waals surface area contributed by atoms with Gasteiger partial charge >= 0.3 is 11.9 Å². The average Bonchev–Trinajstić information content (AvgIpc) is 2.67. The van der Waals surface area contributed by atoms with Crippen molar-refractivity contribution in [2.24, 2.45) is 0 Å². The normalized spacial score (nSPS) is 10.1. The van der Waals surface area contributed by atoms with Crippen molar-refractivity contribution >= 4 is 11.9 Å². The number of aromatic carboxylic acids is 2. The quantitative estimate of drug-likeness (QED) is 0.689. The van der Waals surface area contributed by atoms with Gasteiger partial charge in [-0.15, -0.1) is 6.42 Å². The summed E-state index contributed by atoms with van der Waals surface area (Å²) in [6.45, 7) is 0. The molecule has 26 heavy (non-hydrogen) atoms. The second kappa shape index (κ2) is 6.96. The van der Waals surface area contributed by atoms with E-state index >= 15 is 0 Å². The molecule has 4 heteroatoms. The largest absolute Gasteiger partial charge is 0.478 e. The maximum absolute atomic E-state index is 11.6. The van der Waals surface area contributed by atoms with E-state index in [4.69, 9.17) is 6.42 Å². The summed E-state index contributed by atoms with van der Waals surface area (Å²) >= 11 is 0. The monoisotopic (exact) mass is 342 g/mol. The van der Waals surface area contributed by atoms with Crippen LogP contribution < -0.4 is 0 Å². The van der Waals surface area contributed by atoms with Gasteiger partial charge in [0.2, 0.25) is 0 Å². The third kappa shape index (κ3) is 3.06. The van der Waals surface area contributed by atoms with Crippen LogP contribution in [0.1, 0.15) is 26.3 Å². The van der Waals surface area contributed by atoms with Crippen molar-refractivity contribution in [3.8, 4) is 34.6 Å². The fourth-order valence-corrected chi connectivity index (χ4v) is 2.87. The van der Waals surface area contributed by atoms with Gasteiger partial charge in [-0.05, 0) is 28.3 Å². The van der Waals surface area contributed by atoms with Gasteiger partial charge in [0.1, 0.15) is 0 Å². The Morgan fingerprint density at radius 3 is 1.85 bits per heavy atom. The lowest BCUT2D eigenvalue weighted by Crippen LogP contribution is -2.11. The molecule has 0 saturated carbocycles. The predicted molar refractivity (Wildman–Crippen MR) is 99.2 cm³/mol. The Labute approximate surface area is 150 Å². The highest BCUT2D eigenvalue weighted by molar-refractivity contribution is 6.05. The van der Waals surface area contributed by atoms with E-state index in [1.54, 1.807) is 6.07 Å². The van der Waals surface area contributed by atoms with Crippen LogP contribution >= 0.6 is 0 Å². The van der Waals surface area contributed by atoms with Crippen LogP contribution in [0, 0.1) is 12.3 Å². The minimum atomic E-state index is -1.36. The zero-order chi connectivity index (χ0) is 18.7. The molecule has 0 aliphatic heterocycles. The average molecular weight is 342 g/mol. The van der Waals surface area contributed by atoms with Crippen LogP contribution in [0.25, 0.3) is 22.3 Å². The molecule has 0 amide bonds. The molecule has 0 atom stereocenters. The molecule has 0 spiro atoms. The summed E-state index contributed by atoms with van der Waals surface area (Å²) in [5.74, 6) is -0.350. The predicted octanol–water partition coefficient (Wildman–Crippen LogP) is 4.40. The topological polar surface area (TPSA) is 74.6 Å². The lowest BCUT2D eigenvalue weighted by molar-refractivity contribution is 0.0651. The van der Waals surface area contributed by atoms with Crippen molar-refractivity contribution in [3.63, 3.8) is 0 Å². The van der Waals surface area contributed by atoms with Gasteiger partial charge in [-0.2, -0.15) is 0 Å². The first kappa shape index (κ1) is 17.0. The van der Waals surface area contributed by atoms with E-state index in [1.165, 1.54) is 6.07 Å². The van der Waals surface area contributed by atoms with E-state index in [0.717, 1.165) is 16.7 Å². The molecule has 0 aliphatic carbocycles. The van der Waals surface area contributed by atoms with Crippen molar-refractivity contribution in [1.82, 2.24) is 0 Å². The Bertz CT molecular complexity index is 1030. The van der Waals surface area contributed by atoms with Gasteiger partial charge < -0.3 is 10.2 Å². The Hall–Kier alpha value is -3.84. The maximum atomic E-state index is 11.6. The highest BCUT2D eigenvalue weighted by atomic mass is 16.4. The Kier molecular flexibility index (Phi) is 4.55. The number of benzene rings is 3. The van der Waals surface area contributed by atoms with E-state index in [2.05, 4.69) is 5.92 Å². The fourth-order valence-electron chi connectivity index (χ4n) is 2.87. The van der Waals surface area contributed by atoms with E-state index in [9.17, 15) is 19.8 Å². The van der Waals surface area contributed by atoms with Gasteiger partial charge in [0.25, 0.3) is 0 Å². The number of terminal acetylenes is 1. The smallest absolute Gasteiger partial charge is 0.337 e. The summed E-state index contributed by atoms with van der Waals surface area (Å²) in [5.41, 5.74) is 2.66. The van der Waals surface area contributed by atoms with Crippen molar-refractivity contribution < 1.29 is 19.8 Å². The van der Waals surface area contributed by atoms with Gasteiger partial charge in [-0.25, -0.2) is 9.59 Å². The van der Waals surface area contributed by atoms with Gasteiger partial charge in [-0.1, -0.05) is 66.6 Å². The standard InChI is InChI=1S/C22H14O4/c1-2-17-18(12-13-19(21(23)24)20(17)22(25)26)16-10-8-15(9-11-16)14-6-4-3-5-7-14/h1,3-13H,(H,23,24)(H,25,26). The van der Waals surface area contributed by atoms with Gasteiger partial charge in [0.15, 0.2) is 0 Å². The zero-order valence-electron chi connectivity index (χ0n) is 13.6. The molecule has 3 aromatic carbocycles. The lowest BCUT2D eigenvalue weighted by Gasteiger charge is -2.11. The third-order valence-electron chi connectivity index (χ3n) is 4.10. The highest BCUT2D eigenvalue weighted by Crippen LogP contribution is 2.30. The first-order chi connectivity index (χ1) is 12.5. The van der Waals surface area contributed by atoms with Crippen LogP contribution in [-0.4, -0.2) is 22.2 Å². The van der Waals surface area contributed by atoms with Crippen molar-refractivity contribution in [2.45, 2.75) is 0 Å². The minimum Gasteiger partial charge on any atom is -0.478 e. The number of carboxylic acids is 2. The molecule has 3 rings (SSSR count). The number of carbonyl (C=O) groups is 2. The van der Waals surface area contributed by atoms with Crippen LogP contribution in [-0.2, 0) is 0 Å². The number of carboxylic acid groups (broad SMARTS) is 2. The Balaban J connectivity index is 2.13.